The molecule has 10 nitrogen and oxygen atoms in total. The third kappa shape index (κ3) is 2.90. The molecule has 0 aliphatic carbocycles. The molecule has 1 fully saturated rings. The minimum atomic E-state index is -1.98. The minimum absolute atomic E-state index is 0.0167. The lowest BCUT2D eigenvalue weighted by atomic mass is 9.88. The first-order valence-electron chi connectivity index (χ1n) is 13.8. The van der Waals surface area contributed by atoms with Gasteiger partial charge in [0.1, 0.15) is 13.0 Å². The van der Waals surface area contributed by atoms with Gasteiger partial charge in [0.25, 0.3) is 5.91 Å². The second kappa shape index (κ2) is 8.29. The summed E-state index contributed by atoms with van der Waals surface area (Å²) in [5, 5.41) is 18.7. The van der Waals surface area contributed by atoms with E-state index in [2.05, 4.69) is 11.4 Å². The molecule has 5 heterocycles. The molecule has 3 aliphatic rings. The zero-order valence-electron chi connectivity index (χ0n) is 22.9. The third-order valence-electron chi connectivity index (χ3n) is 9.15. The van der Waals surface area contributed by atoms with Gasteiger partial charge in [-0.3, -0.25) is 4.79 Å². The van der Waals surface area contributed by atoms with Gasteiger partial charge in [-0.25, -0.2) is 4.79 Å². The smallest absolute Gasteiger partial charge is 0.343 e. The molecule has 3 atom stereocenters. The van der Waals surface area contributed by atoms with Crippen molar-refractivity contribution in [3.05, 3.63) is 59.2 Å². The number of carbonyl (C=O) groups is 2. The predicted octanol–water partition coefficient (Wildman–Crippen LogP) is 4.17. The number of carbonyl (C=O) groups excluding carboxylic acids is 2. The van der Waals surface area contributed by atoms with E-state index in [0.717, 1.165) is 54.7 Å². The van der Waals surface area contributed by atoms with E-state index in [1.54, 1.807) is 6.92 Å². The van der Waals surface area contributed by atoms with Crippen LogP contribution in [0, 0.1) is 0 Å². The standard InChI is InChI=1S/C31H29N3O7/c1-4-39-15-40-14-16-9-10-21-18(11-16)23-19-13-32-28(35)25(19)24-17-7-5-6-8-20(17)33-22-12-31(37,29(36)38-3)30(2,41-22)34(21)27(23)26(24)33/h5-11,22,37H,4,12-15H2,1-3H3,(H,32,35)/t22?,30-,31-/m0/s1. The summed E-state index contributed by atoms with van der Waals surface area (Å²) in [6.07, 6.45) is -0.699. The third-order valence-corrected chi connectivity index (χ3v) is 9.15. The van der Waals surface area contributed by atoms with Crippen molar-refractivity contribution < 1.29 is 33.6 Å². The first kappa shape index (κ1) is 24.8. The van der Waals surface area contributed by atoms with E-state index in [0.29, 0.717) is 25.3 Å². The quantitative estimate of drug-likeness (QED) is 0.184. The number of methoxy groups -OCH3 is 1. The van der Waals surface area contributed by atoms with Gasteiger partial charge in [-0.05, 0) is 43.2 Å². The highest BCUT2D eigenvalue weighted by molar-refractivity contribution is 6.31. The Hall–Kier alpha value is -3.96. The summed E-state index contributed by atoms with van der Waals surface area (Å²) in [5.74, 6) is -0.873. The van der Waals surface area contributed by atoms with E-state index in [9.17, 15) is 14.7 Å². The van der Waals surface area contributed by atoms with Gasteiger partial charge in [-0.15, -0.1) is 0 Å². The number of hydrogen-bond acceptors (Lipinski definition) is 7. The second-order valence-electron chi connectivity index (χ2n) is 11.1. The Morgan fingerprint density at radius 1 is 1.12 bits per heavy atom. The van der Waals surface area contributed by atoms with Crippen LogP contribution in [0.4, 0.5) is 0 Å². The largest absolute Gasteiger partial charge is 0.467 e. The molecule has 1 saturated heterocycles. The summed E-state index contributed by atoms with van der Waals surface area (Å²) < 4.78 is 27.0. The highest BCUT2D eigenvalue weighted by Crippen LogP contribution is 2.57. The van der Waals surface area contributed by atoms with Gasteiger partial charge in [0.2, 0.25) is 5.60 Å². The summed E-state index contributed by atoms with van der Waals surface area (Å²) in [6.45, 7) is 5.12. The van der Waals surface area contributed by atoms with Crippen LogP contribution in [0.25, 0.3) is 43.6 Å². The van der Waals surface area contributed by atoms with Crippen LogP contribution in [-0.4, -0.2) is 52.2 Å². The van der Waals surface area contributed by atoms with Gasteiger partial charge in [-0.2, -0.15) is 0 Å². The molecular formula is C31H29N3O7. The van der Waals surface area contributed by atoms with Gasteiger partial charge >= 0.3 is 5.97 Å². The fraction of sp³-hybridized carbons (Fsp3) is 0.355. The Morgan fingerprint density at radius 2 is 1.95 bits per heavy atom. The van der Waals surface area contributed by atoms with Crippen LogP contribution >= 0.6 is 0 Å². The van der Waals surface area contributed by atoms with Crippen LogP contribution in [0.15, 0.2) is 42.5 Å². The van der Waals surface area contributed by atoms with Gasteiger partial charge < -0.3 is 38.5 Å². The molecule has 1 amide bonds. The number of fused-ring (bicyclic) bond motifs is 13. The number of amides is 1. The second-order valence-corrected chi connectivity index (χ2v) is 11.1. The monoisotopic (exact) mass is 555 g/mol. The van der Waals surface area contributed by atoms with Crippen LogP contribution < -0.4 is 5.32 Å². The molecule has 5 aromatic rings. The van der Waals surface area contributed by atoms with E-state index >= 15 is 0 Å². The van der Waals surface area contributed by atoms with Crippen molar-refractivity contribution in [1.29, 1.82) is 0 Å². The van der Waals surface area contributed by atoms with E-state index in [4.69, 9.17) is 18.9 Å². The number of benzene rings is 3. The normalized spacial score (nSPS) is 24.6. The van der Waals surface area contributed by atoms with Gasteiger partial charge in [0, 0.05) is 41.1 Å². The number of para-hydroxylation sites is 1. The highest BCUT2D eigenvalue weighted by atomic mass is 16.7. The Labute approximate surface area is 234 Å². The minimum Gasteiger partial charge on any atom is -0.467 e. The Kier molecular flexibility index (Phi) is 5.02. The average molecular weight is 556 g/mol. The maximum Gasteiger partial charge on any atom is 0.343 e. The number of esters is 1. The maximum atomic E-state index is 13.5. The van der Waals surface area contributed by atoms with Crippen molar-refractivity contribution in [2.45, 2.75) is 51.0 Å². The van der Waals surface area contributed by atoms with Crippen molar-refractivity contribution in [3.8, 4) is 0 Å². The average Bonchev–Trinajstić information content (AvgIpc) is 3.67. The van der Waals surface area contributed by atoms with Crippen molar-refractivity contribution in [3.63, 3.8) is 0 Å². The predicted molar refractivity (Wildman–Crippen MR) is 150 cm³/mol. The van der Waals surface area contributed by atoms with Crippen LogP contribution in [0.2, 0.25) is 0 Å². The van der Waals surface area contributed by atoms with Crippen LogP contribution in [0.1, 0.15) is 48.0 Å². The Morgan fingerprint density at radius 3 is 2.76 bits per heavy atom. The van der Waals surface area contributed by atoms with E-state index in [-0.39, 0.29) is 19.1 Å². The summed E-state index contributed by atoms with van der Waals surface area (Å²) in [6, 6.07) is 13.9. The van der Waals surface area contributed by atoms with Crippen molar-refractivity contribution in [2.24, 2.45) is 0 Å². The zero-order valence-corrected chi connectivity index (χ0v) is 22.9. The lowest BCUT2D eigenvalue weighted by molar-refractivity contribution is -0.202. The fourth-order valence-electron chi connectivity index (χ4n) is 7.38. The summed E-state index contributed by atoms with van der Waals surface area (Å²) in [5.41, 5.74) is 2.28. The lowest BCUT2D eigenvalue weighted by Gasteiger charge is -2.37. The number of ether oxygens (including phenoxy) is 4. The van der Waals surface area contributed by atoms with Gasteiger partial charge in [0.15, 0.2) is 5.72 Å². The molecule has 0 spiro atoms. The van der Waals surface area contributed by atoms with Crippen molar-refractivity contribution in [1.82, 2.24) is 14.5 Å². The first-order chi connectivity index (χ1) is 19.8. The van der Waals surface area contributed by atoms with E-state index in [1.165, 1.54) is 7.11 Å². The number of rotatable bonds is 6. The topological polar surface area (TPSA) is 113 Å². The fourth-order valence-corrected chi connectivity index (χ4v) is 7.38. The molecular weight excluding hydrogens is 526 g/mol. The molecule has 0 radical (unpaired) electrons. The van der Waals surface area contributed by atoms with Crippen LogP contribution in [0.3, 0.4) is 0 Å². The number of nitrogens with zero attached hydrogens (tertiary/aromatic N) is 2. The zero-order chi connectivity index (χ0) is 28.3. The lowest BCUT2D eigenvalue weighted by Crippen LogP contribution is -2.56. The SMILES string of the molecule is CCOCOCc1ccc2c(c1)c1c3c(c4c5ccccc5n5c4c1n2[C@@]1(C)OC5C[C@]1(O)C(=O)OC)C(=O)NC3. The van der Waals surface area contributed by atoms with Crippen LogP contribution in [-0.2, 0) is 42.6 Å². The molecule has 2 aromatic heterocycles. The number of hydrogen-bond donors (Lipinski definition) is 2. The van der Waals surface area contributed by atoms with Crippen LogP contribution in [0.5, 0.6) is 0 Å². The van der Waals surface area contributed by atoms with Gasteiger partial charge in [-0.1, -0.05) is 24.3 Å². The molecule has 41 heavy (non-hydrogen) atoms. The van der Waals surface area contributed by atoms with Gasteiger partial charge in [0.05, 0.1) is 41.3 Å². The molecule has 2 N–H and O–H groups in total. The number of aromatic nitrogens is 2. The van der Waals surface area contributed by atoms with E-state index in [1.807, 2.05) is 52.5 Å². The molecule has 8 rings (SSSR count). The first-order valence-corrected chi connectivity index (χ1v) is 13.8. The molecule has 10 heteroatoms. The van der Waals surface area contributed by atoms with E-state index < -0.39 is 23.5 Å². The summed E-state index contributed by atoms with van der Waals surface area (Å²) in [4.78, 5) is 26.8. The molecule has 2 bridgehead atoms. The molecule has 0 saturated carbocycles. The Bertz CT molecular complexity index is 1970. The molecule has 1 unspecified atom stereocenters. The maximum absolute atomic E-state index is 13.5. The number of aliphatic hydroxyl groups is 1. The highest BCUT2D eigenvalue weighted by Gasteiger charge is 2.65. The Balaban J connectivity index is 1.56. The van der Waals surface area contributed by atoms with Crippen molar-refractivity contribution >= 4 is 55.5 Å². The molecule has 210 valence electrons. The summed E-state index contributed by atoms with van der Waals surface area (Å²) in [7, 11) is 1.28. The molecule has 3 aromatic carbocycles. The van der Waals surface area contributed by atoms with Crippen molar-refractivity contribution in [2.75, 3.05) is 20.5 Å². The number of nitrogens with one attached hydrogen (secondary N) is 1. The molecule has 3 aliphatic heterocycles. The summed E-state index contributed by atoms with van der Waals surface area (Å²) >= 11 is 0.